The molecule has 3 atom stereocenters. The van der Waals surface area contributed by atoms with Crippen molar-refractivity contribution in [2.24, 2.45) is 11.3 Å². The van der Waals surface area contributed by atoms with Crippen LogP contribution in [-0.2, 0) is 0 Å². The van der Waals surface area contributed by atoms with E-state index in [1.165, 1.54) is 19.3 Å². The summed E-state index contributed by atoms with van der Waals surface area (Å²) in [4.78, 5) is 0. The molecule has 0 amide bonds. The average Bonchev–Trinajstić information content (AvgIpc) is 2.17. The molecule has 1 N–H and O–H groups in total. The Morgan fingerprint density at radius 3 is 2.80 bits per heavy atom. The van der Waals surface area contributed by atoms with Crippen LogP contribution < -0.4 is 0 Å². The number of hydrogen-bond donors (Lipinski definition) is 1. The van der Waals surface area contributed by atoms with Gasteiger partial charge in [-0.3, -0.25) is 0 Å². The third kappa shape index (κ3) is 1.65. The smallest absolute Gasteiger partial charge is 0.0579 e. The first kappa shape index (κ1) is 11.2. The number of hydrogen-bond acceptors (Lipinski definition) is 1. The third-order valence-corrected chi connectivity index (χ3v) is 4.87. The van der Waals surface area contributed by atoms with Gasteiger partial charge in [-0.25, -0.2) is 0 Å². The Morgan fingerprint density at radius 1 is 1.40 bits per heavy atom. The standard InChI is InChI=1S/C14H24O/c1-4-11-13(15)8-7-12-10(2)6-5-9-14(11,12)3/h11,13,15H,4-9H2,1-3H3. The van der Waals surface area contributed by atoms with E-state index in [0.717, 1.165) is 19.3 Å². The maximum absolute atomic E-state index is 10.1. The molecule has 0 bridgehead atoms. The minimum Gasteiger partial charge on any atom is -0.393 e. The highest BCUT2D eigenvalue weighted by Crippen LogP contribution is 2.53. The number of aliphatic hydroxyl groups excluding tert-OH is 1. The predicted octanol–water partition coefficient (Wildman–Crippen LogP) is 3.67. The molecule has 1 fully saturated rings. The van der Waals surface area contributed by atoms with Crippen molar-refractivity contribution in [3.05, 3.63) is 11.1 Å². The minimum atomic E-state index is -0.0605. The van der Waals surface area contributed by atoms with Crippen LogP contribution in [0.15, 0.2) is 11.1 Å². The number of rotatable bonds is 1. The van der Waals surface area contributed by atoms with Gasteiger partial charge in [-0.1, -0.05) is 31.4 Å². The van der Waals surface area contributed by atoms with E-state index in [0.29, 0.717) is 11.3 Å². The molecule has 15 heavy (non-hydrogen) atoms. The van der Waals surface area contributed by atoms with Gasteiger partial charge in [-0.2, -0.15) is 0 Å². The van der Waals surface area contributed by atoms with Crippen LogP contribution in [0.2, 0.25) is 0 Å². The molecule has 0 aliphatic heterocycles. The first-order valence-corrected chi connectivity index (χ1v) is 6.46. The fraction of sp³-hybridized carbons (Fsp3) is 0.857. The topological polar surface area (TPSA) is 20.2 Å². The molecule has 0 saturated heterocycles. The zero-order valence-electron chi connectivity index (χ0n) is 10.3. The summed E-state index contributed by atoms with van der Waals surface area (Å²) in [6.07, 6.45) is 7.08. The molecule has 86 valence electrons. The van der Waals surface area contributed by atoms with Crippen molar-refractivity contribution >= 4 is 0 Å². The molecule has 2 aliphatic rings. The fourth-order valence-corrected chi connectivity index (χ4v) is 4.06. The van der Waals surface area contributed by atoms with E-state index in [-0.39, 0.29) is 6.10 Å². The van der Waals surface area contributed by atoms with Crippen molar-refractivity contribution in [1.29, 1.82) is 0 Å². The highest BCUT2D eigenvalue weighted by atomic mass is 16.3. The lowest BCUT2D eigenvalue weighted by atomic mass is 9.57. The Kier molecular flexibility index (Phi) is 2.94. The summed E-state index contributed by atoms with van der Waals surface area (Å²) in [6.45, 7) is 6.92. The van der Waals surface area contributed by atoms with Gasteiger partial charge in [-0.05, 0) is 50.4 Å². The van der Waals surface area contributed by atoms with E-state index in [9.17, 15) is 5.11 Å². The molecule has 0 radical (unpaired) electrons. The van der Waals surface area contributed by atoms with Gasteiger partial charge in [0.15, 0.2) is 0 Å². The number of fused-ring (bicyclic) bond motifs is 1. The Morgan fingerprint density at radius 2 is 2.13 bits per heavy atom. The SMILES string of the molecule is CCC1C(O)CCC2=C(C)CCCC21C. The van der Waals surface area contributed by atoms with Crippen molar-refractivity contribution in [2.45, 2.75) is 65.4 Å². The molecule has 1 saturated carbocycles. The van der Waals surface area contributed by atoms with Crippen LogP contribution in [0.4, 0.5) is 0 Å². The first-order valence-electron chi connectivity index (χ1n) is 6.46. The van der Waals surface area contributed by atoms with Gasteiger partial charge in [0.2, 0.25) is 0 Å². The Balaban J connectivity index is 2.38. The lowest BCUT2D eigenvalue weighted by Crippen LogP contribution is -2.43. The first-order chi connectivity index (χ1) is 7.09. The summed E-state index contributed by atoms with van der Waals surface area (Å²) in [7, 11) is 0. The minimum absolute atomic E-state index is 0.0605. The Labute approximate surface area is 93.6 Å². The van der Waals surface area contributed by atoms with E-state index in [1.807, 2.05) is 0 Å². The third-order valence-electron chi connectivity index (χ3n) is 4.87. The zero-order valence-corrected chi connectivity index (χ0v) is 10.3. The molecule has 0 aromatic carbocycles. The molecule has 0 aromatic rings. The lowest BCUT2D eigenvalue weighted by molar-refractivity contribution is 0.00273. The van der Waals surface area contributed by atoms with Crippen LogP contribution in [-0.4, -0.2) is 11.2 Å². The van der Waals surface area contributed by atoms with Crippen molar-refractivity contribution in [1.82, 2.24) is 0 Å². The zero-order chi connectivity index (χ0) is 11.1. The second kappa shape index (κ2) is 3.93. The lowest BCUT2D eigenvalue weighted by Gasteiger charge is -2.49. The van der Waals surface area contributed by atoms with Crippen LogP contribution in [0.1, 0.15) is 59.3 Å². The van der Waals surface area contributed by atoms with Gasteiger partial charge >= 0.3 is 0 Å². The van der Waals surface area contributed by atoms with Crippen molar-refractivity contribution in [2.75, 3.05) is 0 Å². The van der Waals surface area contributed by atoms with E-state index in [1.54, 1.807) is 11.1 Å². The number of allylic oxidation sites excluding steroid dienone is 2. The highest BCUT2D eigenvalue weighted by molar-refractivity contribution is 5.27. The fourth-order valence-electron chi connectivity index (χ4n) is 4.06. The summed E-state index contributed by atoms with van der Waals surface area (Å²) in [5.74, 6) is 0.497. The van der Waals surface area contributed by atoms with Gasteiger partial charge in [0.05, 0.1) is 6.10 Å². The van der Waals surface area contributed by atoms with Crippen LogP contribution in [0.25, 0.3) is 0 Å². The Hall–Kier alpha value is -0.300. The van der Waals surface area contributed by atoms with Crippen LogP contribution in [0, 0.1) is 11.3 Å². The van der Waals surface area contributed by atoms with Crippen molar-refractivity contribution in [3.63, 3.8) is 0 Å². The second-order valence-electron chi connectivity index (χ2n) is 5.65. The quantitative estimate of drug-likeness (QED) is 0.652. The van der Waals surface area contributed by atoms with Gasteiger partial charge in [-0.15, -0.1) is 0 Å². The van der Waals surface area contributed by atoms with Gasteiger partial charge in [0, 0.05) is 0 Å². The molecule has 1 heteroatoms. The summed E-state index contributed by atoms with van der Waals surface area (Å²) >= 11 is 0. The molecule has 2 aliphatic carbocycles. The van der Waals surface area contributed by atoms with Gasteiger partial charge in [0.1, 0.15) is 0 Å². The van der Waals surface area contributed by atoms with Crippen molar-refractivity contribution < 1.29 is 5.11 Å². The van der Waals surface area contributed by atoms with E-state index in [4.69, 9.17) is 0 Å². The largest absolute Gasteiger partial charge is 0.393 e. The second-order valence-corrected chi connectivity index (χ2v) is 5.65. The monoisotopic (exact) mass is 208 g/mol. The molecule has 0 spiro atoms. The van der Waals surface area contributed by atoms with Crippen LogP contribution in [0.3, 0.4) is 0 Å². The maximum Gasteiger partial charge on any atom is 0.0579 e. The predicted molar refractivity (Wildman–Crippen MR) is 63.7 cm³/mol. The summed E-state index contributed by atoms with van der Waals surface area (Å²) in [5.41, 5.74) is 3.62. The molecular weight excluding hydrogens is 184 g/mol. The molecule has 0 heterocycles. The molecule has 0 aromatic heterocycles. The van der Waals surface area contributed by atoms with Crippen molar-refractivity contribution in [3.8, 4) is 0 Å². The van der Waals surface area contributed by atoms with E-state index < -0.39 is 0 Å². The van der Waals surface area contributed by atoms with Gasteiger partial charge < -0.3 is 5.11 Å². The number of aliphatic hydroxyl groups is 1. The molecule has 3 unspecified atom stereocenters. The highest BCUT2D eigenvalue weighted by Gasteiger charge is 2.45. The molecule has 2 rings (SSSR count). The molecular formula is C14H24O. The van der Waals surface area contributed by atoms with E-state index >= 15 is 0 Å². The van der Waals surface area contributed by atoms with Crippen LogP contribution >= 0.6 is 0 Å². The summed E-state index contributed by atoms with van der Waals surface area (Å²) < 4.78 is 0. The molecule has 1 nitrogen and oxygen atoms in total. The average molecular weight is 208 g/mol. The summed E-state index contributed by atoms with van der Waals surface area (Å²) in [5, 5.41) is 10.1. The van der Waals surface area contributed by atoms with Crippen LogP contribution in [0.5, 0.6) is 0 Å². The van der Waals surface area contributed by atoms with E-state index in [2.05, 4.69) is 20.8 Å². The maximum atomic E-state index is 10.1. The van der Waals surface area contributed by atoms with Gasteiger partial charge in [0.25, 0.3) is 0 Å². The Bertz CT molecular complexity index is 279. The summed E-state index contributed by atoms with van der Waals surface area (Å²) in [6, 6.07) is 0. The normalized spacial score (nSPS) is 41.6.